The van der Waals surface area contributed by atoms with E-state index in [1.165, 1.54) is 11.1 Å². The molecule has 0 radical (unpaired) electrons. The van der Waals surface area contributed by atoms with Crippen LogP contribution in [0.3, 0.4) is 0 Å². The predicted octanol–water partition coefficient (Wildman–Crippen LogP) is 3.42. The van der Waals surface area contributed by atoms with Crippen LogP contribution in [0, 0.1) is 13.8 Å². The molecule has 2 aromatic rings. The number of nitrogens with zero attached hydrogens (tertiary/aromatic N) is 2. The highest BCUT2D eigenvalue weighted by molar-refractivity contribution is 5.95. The third-order valence-corrected chi connectivity index (χ3v) is 6.16. The highest BCUT2D eigenvalue weighted by atomic mass is 16.5. The molecule has 6 nitrogen and oxygen atoms in total. The van der Waals surface area contributed by atoms with Crippen LogP contribution in [0.2, 0.25) is 0 Å². The smallest absolute Gasteiger partial charge is 0.255 e. The summed E-state index contributed by atoms with van der Waals surface area (Å²) in [4.78, 5) is 19.4. The first-order valence-corrected chi connectivity index (χ1v) is 10.1. The summed E-state index contributed by atoms with van der Waals surface area (Å²) in [6, 6.07) is 7.90. The van der Waals surface area contributed by atoms with Crippen molar-refractivity contribution in [3.05, 3.63) is 52.3 Å². The maximum Gasteiger partial charge on any atom is 0.255 e. The van der Waals surface area contributed by atoms with E-state index in [-0.39, 0.29) is 11.5 Å². The first-order valence-electron chi connectivity index (χ1n) is 10.1. The maximum absolute atomic E-state index is 13.0. The minimum absolute atomic E-state index is 0.0493. The summed E-state index contributed by atoms with van der Waals surface area (Å²) in [6.07, 6.45) is 2.38. The van der Waals surface area contributed by atoms with Gasteiger partial charge in [0.05, 0.1) is 37.7 Å². The Hall–Kier alpha value is -2.60. The van der Waals surface area contributed by atoms with Crippen molar-refractivity contribution >= 4 is 5.91 Å². The first kappa shape index (κ1) is 19.7. The Morgan fingerprint density at radius 3 is 2.45 bits per heavy atom. The molecule has 3 heterocycles. The Kier molecular flexibility index (Phi) is 5.21. The summed E-state index contributed by atoms with van der Waals surface area (Å²) in [6.45, 7) is 5.82. The molecular formula is C23H28N2O4. The van der Waals surface area contributed by atoms with Crippen LogP contribution in [-0.4, -0.2) is 49.7 Å². The number of carbonyl (C=O) groups excluding carboxylic acids is 1. The summed E-state index contributed by atoms with van der Waals surface area (Å²) < 4.78 is 17.3. The van der Waals surface area contributed by atoms with E-state index in [0.717, 1.165) is 42.1 Å². The molecule has 29 heavy (non-hydrogen) atoms. The standard InChI is InChI=1S/C23H28N2O4/c1-15-5-6-18(16(2)24-15)22(26)25-10-8-23(9-11-25)19-14-21(28-4)20(27-3)13-17(19)7-12-29-23/h5-6,13-14H,7-12H2,1-4H3. The lowest BCUT2D eigenvalue weighted by molar-refractivity contribution is -0.0936. The number of benzene rings is 1. The monoisotopic (exact) mass is 396 g/mol. The van der Waals surface area contributed by atoms with Crippen molar-refractivity contribution in [1.82, 2.24) is 9.88 Å². The fourth-order valence-corrected chi connectivity index (χ4v) is 4.55. The van der Waals surface area contributed by atoms with Gasteiger partial charge in [-0.3, -0.25) is 9.78 Å². The molecule has 2 aliphatic heterocycles. The van der Waals surface area contributed by atoms with E-state index in [0.29, 0.717) is 25.3 Å². The third-order valence-electron chi connectivity index (χ3n) is 6.16. The fourth-order valence-electron chi connectivity index (χ4n) is 4.55. The Morgan fingerprint density at radius 1 is 1.10 bits per heavy atom. The highest BCUT2D eigenvalue weighted by Crippen LogP contribution is 2.45. The second-order valence-corrected chi connectivity index (χ2v) is 7.83. The van der Waals surface area contributed by atoms with Gasteiger partial charge in [-0.25, -0.2) is 0 Å². The quantitative estimate of drug-likeness (QED) is 0.796. The maximum atomic E-state index is 13.0. The summed E-state index contributed by atoms with van der Waals surface area (Å²) >= 11 is 0. The van der Waals surface area contributed by atoms with Crippen LogP contribution in [0.1, 0.15) is 45.7 Å². The Morgan fingerprint density at radius 2 is 1.79 bits per heavy atom. The van der Waals surface area contributed by atoms with Gasteiger partial charge in [0.2, 0.25) is 0 Å². The average Bonchev–Trinajstić information content (AvgIpc) is 2.73. The molecular weight excluding hydrogens is 368 g/mol. The lowest BCUT2D eigenvalue weighted by Gasteiger charge is -2.45. The number of piperidine rings is 1. The molecule has 1 spiro atoms. The molecule has 4 rings (SSSR count). The van der Waals surface area contributed by atoms with Gasteiger partial charge in [-0.05, 0) is 68.5 Å². The molecule has 0 saturated carbocycles. The number of aromatic nitrogens is 1. The van der Waals surface area contributed by atoms with Crippen LogP contribution in [0.15, 0.2) is 24.3 Å². The van der Waals surface area contributed by atoms with E-state index >= 15 is 0 Å². The lowest BCUT2D eigenvalue weighted by atomic mass is 9.79. The van der Waals surface area contributed by atoms with Gasteiger partial charge >= 0.3 is 0 Å². The number of fused-ring (bicyclic) bond motifs is 2. The van der Waals surface area contributed by atoms with Gasteiger partial charge in [-0.2, -0.15) is 0 Å². The summed E-state index contributed by atoms with van der Waals surface area (Å²) in [7, 11) is 3.31. The minimum atomic E-state index is -0.371. The van der Waals surface area contributed by atoms with Crippen LogP contribution in [0.5, 0.6) is 11.5 Å². The zero-order valence-corrected chi connectivity index (χ0v) is 17.6. The number of rotatable bonds is 3. The Labute approximate surface area is 171 Å². The summed E-state index contributed by atoms with van der Waals surface area (Å²) in [5, 5.41) is 0. The molecule has 154 valence electrons. The predicted molar refractivity (Wildman–Crippen MR) is 110 cm³/mol. The number of carbonyl (C=O) groups is 1. The van der Waals surface area contributed by atoms with Crippen LogP contribution >= 0.6 is 0 Å². The van der Waals surface area contributed by atoms with Gasteiger partial charge in [0.1, 0.15) is 0 Å². The van der Waals surface area contributed by atoms with E-state index in [2.05, 4.69) is 17.1 Å². The molecule has 2 aliphatic rings. The molecule has 6 heteroatoms. The molecule has 0 atom stereocenters. The molecule has 1 fully saturated rings. The third kappa shape index (κ3) is 3.46. The van der Waals surface area contributed by atoms with E-state index < -0.39 is 0 Å². The lowest BCUT2D eigenvalue weighted by Crippen LogP contribution is -2.48. The van der Waals surface area contributed by atoms with Crippen molar-refractivity contribution < 1.29 is 19.0 Å². The van der Waals surface area contributed by atoms with Gasteiger partial charge in [-0.15, -0.1) is 0 Å². The van der Waals surface area contributed by atoms with Crippen molar-refractivity contribution in [1.29, 1.82) is 0 Å². The van der Waals surface area contributed by atoms with Crippen LogP contribution in [0.25, 0.3) is 0 Å². The second kappa shape index (κ2) is 7.67. The number of methoxy groups -OCH3 is 2. The normalized spacial score (nSPS) is 17.7. The minimum Gasteiger partial charge on any atom is -0.493 e. The Bertz CT molecular complexity index is 933. The van der Waals surface area contributed by atoms with Crippen LogP contribution in [-0.2, 0) is 16.8 Å². The zero-order valence-electron chi connectivity index (χ0n) is 17.6. The number of hydrogen-bond acceptors (Lipinski definition) is 5. The van der Waals surface area contributed by atoms with E-state index in [1.807, 2.05) is 30.9 Å². The molecule has 0 aliphatic carbocycles. The van der Waals surface area contributed by atoms with Crippen molar-refractivity contribution in [2.75, 3.05) is 33.9 Å². The van der Waals surface area contributed by atoms with E-state index in [1.54, 1.807) is 14.2 Å². The number of amides is 1. The number of ether oxygens (including phenoxy) is 3. The first-order chi connectivity index (χ1) is 14.0. The van der Waals surface area contributed by atoms with E-state index in [9.17, 15) is 4.79 Å². The zero-order chi connectivity index (χ0) is 20.6. The number of pyridine rings is 1. The fraction of sp³-hybridized carbons (Fsp3) is 0.478. The molecule has 1 aromatic heterocycles. The van der Waals surface area contributed by atoms with Gasteiger partial charge in [0.15, 0.2) is 11.5 Å². The largest absolute Gasteiger partial charge is 0.493 e. The molecule has 1 aromatic carbocycles. The highest BCUT2D eigenvalue weighted by Gasteiger charge is 2.42. The number of likely N-dealkylation sites (tertiary alicyclic amines) is 1. The van der Waals surface area contributed by atoms with E-state index in [4.69, 9.17) is 14.2 Å². The van der Waals surface area contributed by atoms with Gasteiger partial charge in [-0.1, -0.05) is 0 Å². The van der Waals surface area contributed by atoms with Crippen LogP contribution < -0.4 is 9.47 Å². The van der Waals surface area contributed by atoms with Gasteiger partial charge in [0, 0.05) is 18.8 Å². The van der Waals surface area contributed by atoms with Crippen molar-refractivity contribution in [3.8, 4) is 11.5 Å². The SMILES string of the molecule is COc1cc2c(cc1OC)C1(CCN(C(=O)c3ccc(C)nc3C)CC1)OCC2. The van der Waals surface area contributed by atoms with Crippen molar-refractivity contribution in [3.63, 3.8) is 0 Å². The molecule has 1 saturated heterocycles. The summed E-state index contributed by atoms with van der Waals surface area (Å²) in [5.74, 6) is 1.52. The summed E-state index contributed by atoms with van der Waals surface area (Å²) in [5.41, 5.74) is 4.43. The molecule has 1 amide bonds. The van der Waals surface area contributed by atoms with Crippen LogP contribution in [0.4, 0.5) is 0 Å². The van der Waals surface area contributed by atoms with Gasteiger partial charge < -0.3 is 19.1 Å². The Balaban J connectivity index is 1.57. The molecule has 0 bridgehead atoms. The number of aryl methyl sites for hydroxylation is 2. The topological polar surface area (TPSA) is 60.9 Å². The molecule has 0 N–H and O–H groups in total. The van der Waals surface area contributed by atoms with Crippen molar-refractivity contribution in [2.45, 2.75) is 38.7 Å². The second-order valence-electron chi connectivity index (χ2n) is 7.83. The van der Waals surface area contributed by atoms with Crippen molar-refractivity contribution in [2.24, 2.45) is 0 Å². The molecule has 0 unspecified atom stereocenters. The average molecular weight is 396 g/mol. The van der Waals surface area contributed by atoms with Gasteiger partial charge in [0.25, 0.3) is 5.91 Å². The number of hydrogen-bond donors (Lipinski definition) is 0.